The van der Waals surface area contributed by atoms with Crippen molar-refractivity contribution < 1.29 is 14.4 Å². The van der Waals surface area contributed by atoms with Gasteiger partial charge in [0.1, 0.15) is 0 Å². The van der Waals surface area contributed by atoms with Crippen molar-refractivity contribution in [1.29, 1.82) is 0 Å². The van der Waals surface area contributed by atoms with Gasteiger partial charge in [-0.3, -0.25) is 10.3 Å². The number of methoxy groups -OCH3 is 1. The van der Waals surface area contributed by atoms with E-state index in [0.29, 0.717) is 16.4 Å². The van der Waals surface area contributed by atoms with E-state index in [1.165, 1.54) is 7.11 Å². The van der Waals surface area contributed by atoms with Crippen LogP contribution in [0.2, 0.25) is 5.02 Å². The monoisotopic (exact) mass is 347 g/mol. The van der Waals surface area contributed by atoms with Crippen molar-refractivity contribution in [2.75, 3.05) is 12.4 Å². The van der Waals surface area contributed by atoms with Crippen LogP contribution in [0.15, 0.2) is 41.6 Å². The molecule has 7 heteroatoms. The van der Waals surface area contributed by atoms with Gasteiger partial charge in [0.2, 0.25) is 0 Å². The number of ether oxygens (including phenoxy) is 1. The number of rotatable bonds is 5. The van der Waals surface area contributed by atoms with Crippen molar-refractivity contribution in [3.05, 3.63) is 58.4 Å². The molecular formula is C17H18ClN3O3. The van der Waals surface area contributed by atoms with Crippen molar-refractivity contribution in [2.24, 2.45) is 5.16 Å². The number of anilines is 1. The summed E-state index contributed by atoms with van der Waals surface area (Å²) in [7, 11) is 1.28. The maximum absolute atomic E-state index is 11.3. The second-order valence-electron chi connectivity index (χ2n) is 5.03. The topological polar surface area (TPSA) is 72.8 Å². The summed E-state index contributed by atoms with van der Waals surface area (Å²) in [6.45, 7) is 4.00. The summed E-state index contributed by atoms with van der Waals surface area (Å²) in [6.07, 6.45) is -0.592. The Hall–Kier alpha value is -2.60. The van der Waals surface area contributed by atoms with E-state index in [2.05, 4.69) is 20.2 Å². The van der Waals surface area contributed by atoms with E-state index < -0.39 is 6.09 Å². The highest BCUT2D eigenvalue weighted by atomic mass is 35.5. The van der Waals surface area contributed by atoms with Crippen LogP contribution in [0, 0.1) is 6.92 Å². The number of carbonyl (C=O) groups excluding carboxylic acids is 1. The first-order valence-electron chi connectivity index (χ1n) is 7.23. The molecule has 0 unspecified atom stereocenters. The quantitative estimate of drug-likeness (QED) is 0.651. The average Bonchev–Trinajstić information content (AvgIpc) is 2.56. The van der Waals surface area contributed by atoms with Crippen molar-refractivity contribution in [2.45, 2.75) is 20.5 Å². The second kappa shape index (κ2) is 8.31. The Morgan fingerprint density at radius 3 is 2.83 bits per heavy atom. The third-order valence-electron chi connectivity index (χ3n) is 3.17. The standard InChI is InChI=1S/C17H18ClN3O3/c1-11-5-4-6-14(19-11)10-24-21-12(2)13-7-8-15(18)16(9-13)20-17(22)23-3/h4-9H,10H2,1-3H3,(H,20,22)/b21-12+. The molecule has 0 aliphatic rings. The van der Waals surface area contributed by atoms with Gasteiger partial charge in [-0.2, -0.15) is 0 Å². The highest BCUT2D eigenvalue weighted by Crippen LogP contribution is 2.23. The molecule has 2 rings (SSSR count). The number of pyridine rings is 1. The van der Waals surface area contributed by atoms with Crippen LogP contribution in [-0.4, -0.2) is 23.9 Å². The maximum Gasteiger partial charge on any atom is 0.411 e. The molecule has 6 nitrogen and oxygen atoms in total. The lowest BCUT2D eigenvalue weighted by atomic mass is 10.1. The van der Waals surface area contributed by atoms with E-state index in [1.54, 1.807) is 25.1 Å². The van der Waals surface area contributed by atoms with Crippen LogP contribution in [0.3, 0.4) is 0 Å². The first kappa shape index (κ1) is 17.7. The molecule has 2 aromatic rings. The third kappa shape index (κ3) is 4.96. The normalized spacial score (nSPS) is 11.1. The van der Waals surface area contributed by atoms with Crippen LogP contribution in [0.5, 0.6) is 0 Å². The predicted molar refractivity (Wildman–Crippen MR) is 93.5 cm³/mol. The van der Waals surface area contributed by atoms with Crippen molar-refractivity contribution >= 4 is 29.1 Å². The van der Waals surface area contributed by atoms with Gasteiger partial charge in [0.25, 0.3) is 0 Å². The minimum absolute atomic E-state index is 0.278. The molecule has 0 saturated carbocycles. The van der Waals surface area contributed by atoms with Gasteiger partial charge in [0, 0.05) is 11.3 Å². The van der Waals surface area contributed by atoms with E-state index in [4.69, 9.17) is 16.4 Å². The van der Waals surface area contributed by atoms with Crippen LogP contribution in [-0.2, 0) is 16.2 Å². The van der Waals surface area contributed by atoms with Gasteiger partial charge >= 0.3 is 6.09 Å². The summed E-state index contributed by atoms with van der Waals surface area (Å²) in [5, 5.41) is 7.03. The van der Waals surface area contributed by atoms with E-state index in [-0.39, 0.29) is 6.61 Å². The summed E-state index contributed by atoms with van der Waals surface area (Å²) in [5.74, 6) is 0. The largest absolute Gasteiger partial charge is 0.453 e. The predicted octanol–water partition coefficient (Wildman–Crippen LogP) is 4.16. The van der Waals surface area contributed by atoms with E-state index in [9.17, 15) is 4.79 Å². The maximum atomic E-state index is 11.3. The van der Waals surface area contributed by atoms with Crippen molar-refractivity contribution in [3.63, 3.8) is 0 Å². The van der Waals surface area contributed by atoms with E-state index in [0.717, 1.165) is 17.0 Å². The van der Waals surface area contributed by atoms with Crippen LogP contribution in [0.1, 0.15) is 23.9 Å². The van der Waals surface area contributed by atoms with E-state index >= 15 is 0 Å². The summed E-state index contributed by atoms with van der Waals surface area (Å²) in [5.41, 5.74) is 3.58. The number of benzene rings is 1. The molecule has 0 fully saturated rings. The number of oxime groups is 1. The molecule has 1 heterocycles. The highest BCUT2D eigenvalue weighted by Gasteiger charge is 2.08. The fourth-order valence-corrected chi connectivity index (χ4v) is 2.10. The van der Waals surface area contributed by atoms with Gasteiger partial charge < -0.3 is 9.57 Å². The van der Waals surface area contributed by atoms with Gasteiger partial charge in [-0.05, 0) is 38.1 Å². The molecule has 0 radical (unpaired) electrons. The molecule has 1 N–H and O–H groups in total. The molecule has 0 aliphatic heterocycles. The van der Waals surface area contributed by atoms with Crippen LogP contribution in [0.25, 0.3) is 0 Å². The molecule has 0 saturated heterocycles. The van der Waals surface area contributed by atoms with Gasteiger partial charge in [0.15, 0.2) is 6.61 Å². The van der Waals surface area contributed by atoms with Crippen molar-refractivity contribution in [1.82, 2.24) is 4.98 Å². The van der Waals surface area contributed by atoms with E-state index in [1.807, 2.05) is 25.1 Å². The lowest BCUT2D eigenvalue weighted by Gasteiger charge is -2.08. The van der Waals surface area contributed by atoms with Gasteiger partial charge in [-0.15, -0.1) is 0 Å². The second-order valence-corrected chi connectivity index (χ2v) is 5.44. The lowest BCUT2D eigenvalue weighted by Crippen LogP contribution is -2.12. The molecule has 0 spiro atoms. The Bertz CT molecular complexity index is 762. The summed E-state index contributed by atoms with van der Waals surface area (Å²) >= 11 is 6.05. The molecule has 0 aliphatic carbocycles. The highest BCUT2D eigenvalue weighted by molar-refractivity contribution is 6.33. The molecule has 0 bridgehead atoms. The Balaban J connectivity index is 2.06. The SMILES string of the molecule is COC(=O)Nc1cc(/C(C)=N/OCc2cccc(C)n2)ccc1Cl. The Labute approximate surface area is 145 Å². The summed E-state index contributed by atoms with van der Waals surface area (Å²) < 4.78 is 4.56. The zero-order valence-electron chi connectivity index (χ0n) is 13.7. The lowest BCUT2D eigenvalue weighted by molar-refractivity contribution is 0.127. The molecule has 126 valence electrons. The number of amides is 1. The number of aryl methyl sites for hydroxylation is 1. The fourth-order valence-electron chi connectivity index (χ4n) is 1.93. The Morgan fingerprint density at radius 1 is 1.33 bits per heavy atom. The van der Waals surface area contributed by atoms with Crippen LogP contribution in [0.4, 0.5) is 10.5 Å². The first-order valence-corrected chi connectivity index (χ1v) is 7.61. The fraction of sp³-hybridized carbons (Fsp3) is 0.235. The number of halogens is 1. The van der Waals surface area contributed by atoms with Crippen LogP contribution < -0.4 is 5.32 Å². The minimum Gasteiger partial charge on any atom is -0.453 e. The summed E-state index contributed by atoms with van der Waals surface area (Å²) in [4.78, 5) is 21.0. The Kier molecular flexibility index (Phi) is 6.14. The molecule has 24 heavy (non-hydrogen) atoms. The zero-order chi connectivity index (χ0) is 17.5. The zero-order valence-corrected chi connectivity index (χ0v) is 14.4. The number of aromatic nitrogens is 1. The molecule has 1 aromatic heterocycles. The molecule has 0 atom stereocenters. The third-order valence-corrected chi connectivity index (χ3v) is 3.50. The minimum atomic E-state index is -0.592. The number of hydrogen-bond donors (Lipinski definition) is 1. The Morgan fingerprint density at radius 2 is 2.12 bits per heavy atom. The number of carbonyl (C=O) groups is 1. The number of hydrogen-bond acceptors (Lipinski definition) is 5. The smallest absolute Gasteiger partial charge is 0.411 e. The van der Waals surface area contributed by atoms with Crippen molar-refractivity contribution in [3.8, 4) is 0 Å². The van der Waals surface area contributed by atoms with Gasteiger partial charge in [-0.1, -0.05) is 28.9 Å². The van der Waals surface area contributed by atoms with Gasteiger partial charge in [-0.25, -0.2) is 4.79 Å². The van der Waals surface area contributed by atoms with Gasteiger partial charge in [0.05, 0.1) is 29.2 Å². The number of nitrogens with one attached hydrogen (secondary N) is 1. The molecule has 1 aromatic carbocycles. The number of nitrogens with zero attached hydrogens (tertiary/aromatic N) is 2. The summed E-state index contributed by atoms with van der Waals surface area (Å²) in [6, 6.07) is 10.9. The first-order chi connectivity index (χ1) is 11.5. The average molecular weight is 348 g/mol. The van der Waals surface area contributed by atoms with Crippen LogP contribution >= 0.6 is 11.6 Å². The molecule has 1 amide bonds. The molecular weight excluding hydrogens is 330 g/mol.